The van der Waals surface area contributed by atoms with E-state index in [1.807, 2.05) is 36.4 Å². The molecule has 1 atom stereocenters. The monoisotopic (exact) mass is 412 g/mol. The van der Waals surface area contributed by atoms with Gasteiger partial charge in [0.25, 0.3) is 11.8 Å². The van der Waals surface area contributed by atoms with Crippen molar-refractivity contribution in [1.29, 1.82) is 0 Å². The predicted octanol–water partition coefficient (Wildman–Crippen LogP) is 2.57. The van der Waals surface area contributed by atoms with Crippen molar-refractivity contribution in [3.05, 3.63) is 71.8 Å². The maximum atomic E-state index is 12.7. The highest BCUT2D eigenvalue weighted by molar-refractivity contribution is 7.80. The predicted molar refractivity (Wildman–Crippen MR) is 119 cm³/mol. The van der Waals surface area contributed by atoms with Crippen molar-refractivity contribution in [3.63, 3.8) is 0 Å². The van der Waals surface area contributed by atoms with Crippen molar-refractivity contribution >= 4 is 29.1 Å². The number of thiocarbonyl (C=S) groups is 1. The van der Waals surface area contributed by atoms with Gasteiger partial charge in [0.15, 0.2) is 5.11 Å². The highest BCUT2D eigenvalue weighted by Crippen LogP contribution is 2.05. The second kappa shape index (κ2) is 11.8. The average Bonchev–Trinajstić information content (AvgIpc) is 2.72. The molecule has 0 saturated carbocycles. The molecule has 154 valence electrons. The summed E-state index contributed by atoms with van der Waals surface area (Å²) in [6.07, 6.45) is 1.33. The van der Waals surface area contributed by atoms with Gasteiger partial charge in [-0.25, -0.2) is 0 Å². The van der Waals surface area contributed by atoms with Crippen LogP contribution in [0.3, 0.4) is 0 Å². The zero-order valence-electron chi connectivity index (χ0n) is 16.8. The van der Waals surface area contributed by atoms with Crippen LogP contribution in [0.15, 0.2) is 60.7 Å². The first-order valence-corrected chi connectivity index (χ1v) is 10.1. The molecule has 7 heteroatoms. The third kappa shape index (κ3) is 8.31. The molecule has 0 heterocycles. The maximum absolute atomic E-state index is 12.7. The molecular weight excluding hydrogens is 384 g/mol. The molecule has 29 heavy (non-hydrogen) atoms. The number of benzene rings is 2. The average molecular weight is 413 g/mol. The van der Waals surface area contributed by atoms with E-state index in [-0.39, 0.29) is 11.8 Å². The summed E-state index contributed by atoms with van der Waals surface area (Å²) in [4.78, 5) is 25.3. The van der Waals surface area contributed by atoms with Gasteiger partial charge in [-0.2, -0.15) is 0 Å². The van der Waals surface area contributed by atoms with Gasteiger partial charge in [-0.3, -0.25) is 20.4 Å². The minimum Gasteiger partial charge on any atom is -0.361 e. The minimum absolute atomic E-state index is 0.306. The summed E-state index contributed by atoms with van der Waals surface area (Å²) >= 11 is 5.18. The molecule has 0 unspecified atom stereocenters. The van der Waals surface area contributed by atoms with Crippen LogP contribution in [-0.4, -0.2) is 29.5 Å². The number of nitrogens with one attached hydrogen (secondary N) is 4. The van der Waals surface area contributed by atoms with Gasteiger partial charge in [0.05, 0.1) is 0 Å². The van der Waals surface area contributed by atoms with Crippen LogP contribution in [0.2, 0.25) is 0 Å². The smallest absolute Gasteiger partial charge is 0.261 e. The Balaban J connectivity index is 1.97. The van der Waals surface area contributed by atoms with Gasteiger partial charge in [0.1, 0.15) is 6.04 Å². The normalized spacial score (nSPS) is 11.4. The topological polar surface area (TPSA) is 82.3 Å². The van der Waals surface area contributed by atoms with Crippen LogP contribution < -0.4 is 21.5 Å². The van der Waals surface area contributed by atoms with Crippen molar-refractivity contribution in [3.8, 4) is 0 Å². The number of hydrazine groups is 1. The first-order chi connectivity index (χ1) is 14.0. The number of amides is 2. The third-order valence-electron chi connectivity index (χ3n) is 4.25. The first kappa shape index (κ1) is 22.4. The number of hydrogen-bond donors (Lipinski definition) is 4. The molecular formula is C22H28N4O2S. The lowest BCUT2D eigenvalue weighted by molar-refractivity contribution is -0.123. The number of carbonyl (C=O) groups excluding carboxylic acids is 2. The molecule has 0 aliphatic rings. The Bertz CT molecular complexity index is 797. The van der Waals surface area contributed by atoms with Crippen LogP contribution in [0, 0.1) is 5.92 Å². The van der Waals surface area contributed by atoms with E-state index in [9.17, 15) is 9.59 Å². The Morgan fingerprint density at radius 3 is 2.17 bits per heavy atom. The Morgan fingerprint density at radius 1 is 0.931 bits per heavy atom. The number of carbonyl (C=O) groups is 2. The zero-order valence-corrected chi connectivity index (χ0v) is 17.6. The molecule has 0 spiro atoms. The number of rotatable bonds is 8. The second-order valence-corrected chi connectivity index (χ2v) is 7.54. The molecule has 0 aliphatic carbocycles. The Labute approximate surface area is 177 Å². The molecule has 2 rings (SSSR count). The Kier molecular flexibility index (Phi) is 9.11. The fourth-order valence-corrected chi connectivity index (χ4v) is 2.77. The molecule has 2 aromatic rings. The molecule has 0 aliphatic heterocycles. The molecule has 2 aromatic carbocycles. The summed E-state index contributed by atoms with van der Waals surface area (Å²) < 4.78 is 0. The van der Waals surface area contributed by atoms with E-state index in [1.54, 1.807) is 24.3 Å². The van der Waals surface area contributed by atoms with E-state index in [2.05, 4.69) is 35.3 Å². The lowest BCUT2D eigenvalue weighted by atomic mass is 10.0. The van der Waals surface area contributed by atoms with E-state index in [1.165, 1.54) is 0 Å². The van der Waals surface area contributed by atoms with Gasteiger partial charge >= 0.3 is 0 Å². The van der Waals surface area contributed by atoms with E-state index < -0.39 is 6.04 Å². The van der Waals surface area contributed by atoms with Crippen LogP contribution >= 0.6 is 12.2 Å². The highest BCUT2D eigenvalue weighted by atomic mass is 32.1. The van der Waals surface area contributed by atoms with Crippen LogP contribution in [-0.2, 0) is 11.2 Å². The van der Waals surface area contributed by atoms with E-state index in [4.69, 9.17) is 12.2 Å². The second-order valence-electron chi connectivity index (χ2n) is 7.13. The van der Waals surface area contributed by atoms with E-state index in [0.717, 1.165) is 18.5 Å². The van der Waals surface area contributed by atoms with Crippen molar-refractivity contribution in [2.24, 2.45) is 5.92 Å². The van der Waals surface area contributed by atoms with Crippen LogP contribution in [0.1, 0.15) is 36.2 Å². The van der Waals surface area contributed by atoms with E-state index >= 15 is 0 Å². The van der Waals surface area contributed by atoms with Crippen molar-refractivity contribution < 1.29 is 9.59 Å². The summed E-state index contributed by atoms with van der Waals surface area (Å²) in [5.41, 5.74) is 6.74. The summed E-state index contributed by atoms with van der Waals surface area (Å²) in [6.45, 7) is 4.98. The van der Waals surface area contributed by atoms with Crippen molar-refractivity contribution in [2.75, 3.05) is 6.54 Å². The third-order valence-corrected chi connectivity index (χ3v) is 4.49. The summed E-state index contributed by atoms with van der Waals surface area (Å²) in [7, 11) is 0. The highest BCUT2D eigenvalue weighted by Gasteiger charge is 2.22. The molecule has 4 N–H and O–H groups in total. The van der Waals surface area contributed by atoms with Crippen molar-refractivity contribution in [2.45, 2.75) is 32.7 Å². The lowest BCUT2D eigenvalue weighted by Crippen LogP contribution is -2.55. The zero-order chi connectivity index (χ0) is 21.1. The minimum atomic E-state index is -0.754. The fourth-order valence-electron chi connectivity index (χ4n) is 2.61. The van der Waals surface area contributed by atoms with Crippen LogP contribution in [0.25, 0.3) is 0 Å². The van der Waals surface area contributed by atoms with Gasteiger partial charge in [0, 0.05) is 18.5 Å². The SMILES string of the molecule is CC(C)CCNC(=S)NNC(=O)[C@H](Cc1ccccc1)NC(=O)c1ccccc1. The quantitative estimate of drug-likeness (QED) is 0.396. The van der Waals surface area contributed by atoms with Gasteiger partial charge in [0.2, 0.25) is 0 Å². The van der Waals surface area contributed by atoms with Crippen LogP contribution in [0.4, 0.5) is 0 Å². The van der Waals surface area contributed by atoms with Gasteiger partial charge in [-0.15, -0.1) is 0 Å². The molecule has 0 aromatic heterocycles. The largest absolute Gasteiger partial charge is 0.361 e. The molecule has 0 fully saturated rings. The maximum Gasteiger partial charge on any atom is 0.261 e. The molecule has 0 saturated heterocycles. The standard InChI is InChI=1S/C22H28N4O2S/c1-16(2)13-14-23-22(29)26-25-21(28)19(15-17-9-5-3-6-10-17)24-20(27)18-11-7-4-8-12-18/h3-12,16,19H,13-15H2,1-2H3,(H,24,27)(H,25,28)(H2,23,26,29)/t19-/m0/s1. The molecule has 6 nitrogen and oxygen atoms in total. The fraction of sp³-hybridized carbons (Fsp3) is 0.318. The number of hydrogen-bond acceptors (Lipinski definition) is 3. The molecule has 2 amide bonds. The van der Waals surface area contributed by atoms with Gasteiger partial charge in [-0.1, -0.05) is 62.4 Å². The Hall–Kier alpha value is -2.93. The summed E-state index contributed by atoms with van der Waals surface area (Å²) in [6, 6.07) is 17.6. The van der Waals surface area contributed by atoms with Gasteiger partial charge in [-0.05, 0) is 42.3 Å². The lowest BCUT2D eigenvalue weighted by Gasteiger charge is -2.20. The van der Waals surface area contributed by atoms with E-state index in [0.29, 0.717) is 23.0 Å². The molecule has 0 bridgehead atoms. The molecule has 0 radical (unpaired) electrons. The Morgan fingerprint density at radius 2 is 1.55 bits per heavy atom. The van der Waals surface area contributed by atoms with Crippen molar-refractivity contribution in [1.82, 2.24) is 21.5 Å². The summed E-state index contributed by atoms with van der Waals surface area (Å²) in [5, 5.41) is 6.19. The first-order valence-electron chi connectivity index (χ1n) is 9.69. The summed E-state index contributed by atoms with van der Waals surface area (Å²) in [5.74, 6) is -0.117. The van der Waals surface area contributed by atoms with Gasteiger partial charge < -0.3 is 10.6 Å². The van der Waals surface area contributed by atoms with Crippen LogP contribution in [0.5, 0.6) is 0 Å².